The molecule has 2 N–H and O–H groups in total. The van der Waals surface area contributed by atoms with Crippen LogP contribution in [0.1, 0.15) is 16.7 Å². The number of aryl methyl sites for hydroxylation is 1. The molecule has 0 radical (unpaired) electrons. The maximum Gasteiger partial charge on any atom is 0.140 e. The van der Waals surface area contributed by atoms with Crippen LogP contribution in [0.15, 0.2) is 67.7 Å². The quantitative estimate of drug-likeness (QED) is 0.677. The number of aromatic nitrogens is 5. The van der Waals surface area contributed by atoms with E-state index < -0.39 is 5.66 Å². The maximum atomic E-state index is 4.43. The number of hydrogen-bond acceptors (Lipinski definition) is 6. The Morgan fingerprint density at radius 2 is 2.03 bits per heavy atom. The summed E-state index contributed by atoms with van der Waals surface area (Å²) in [7, 11) is 1.96. The molecule has 2 aliphatic heterocycles. The fourth-order valence-corrected chi connectivity index (χ4v) is 4.27. The molecule has 0 bridgehead atoms. The molecule has 0 spiro atoms. The van der Waals surface area contributed by atoms with Gasteiger partial charge in [0.05, 0.1) is 12.4 Å². The van der Waals surface area contributed by atoms with E-state index in [-0.39, 0.29) is 0 Å². The fourth-order valence-electron chi connectivity index (χ4n) is 4.27. The average Bonchev–Trinajstić information content (AvgIpc) is 3.47. The summed E-state index contributed by atoms with van der Waals surface area (Å²) in [5.74, 6) is 0. The number of nitrogens with one attached hydrogen (secondary N) is 2. The maximum absolute atomic E-state index is 4.43. The van der Waals surface area contributed by atoms with Gasteiger partial charge in [0.2, 0.25) is 0 Å². The number of H-pyrrole nitrogens is 1. The molecule has 3 aromatic heterocycles. The summed E-state index contributed by atoms with van der Waals surface area (Å²) in [6.07, 6.45) is 18.1. The molecule has 0 saturated carbocycles. The predicted molar refractivity (Wildman–Crippen MR) is 115 cm³/mol. The SMILES string of the molecule is Cn1cc(C2(N3CCN(Cc4cccnc4)CC3)C=CC(c3cn[nH]c3)=CN2)cn1. The van der Waals surface area contributed by atoms with Crippen LogP contribution in [0.5, 0.6) is 0 Å². The number of nitrogens with zero attached hydrogens (tertiary/aromatic N) is 6. The molecular weight excluding hydrogens is 376 g/mol. The van der Waals surface area contributed by atoms with Crippen molar-refractivity contribution in [2.24, 2.45) is 7.05 Å². The number of rotatable bonds is 5. The van der Waals surface area contributed by atoms with Crippen LogP contribution in [0.25, 0.3) is 5.57 Å². The van der Waals surface area contributed by atoms with Crippen molar-refractivity contribution in [1.29, 1.82) is 0 Å². The van der Waals surface area contributed by atoms with Gasteiger partial charge in [0.15, 0.2) is 0 Å². The van der Waals surface area contributed by atoms with E-state index in [9.17, 15) is 0 Å². The van der Waals surface area contributed by atoms with Crippen LogP contribution < -0.4 is 5.32 Å². The first kappa shape index (κ1) is 18.8. The monoisotopic (exact) mass is 402 g/mol. The Kier molecular flexibility index (Phi) is 4.94. The third-order valence-corrected chi connectivity index (χ3v) is 5.93. The molecule has 8 nitrogen and oxygen atoms in total. The van der Waals surface area contributed by atoms with Crippen LogP contribution in [0.2, 0.25) is 0 Å². The first-order valence-electron chi connectivity index (χ1n) is 10.2. The van der Waals surface area contributed by atoms with Gasteiger partial charge in [-0.3, -0.25) is 24.6 Å². The molecule has 30 heavy (non-hydrogen) atoms. The van der Waals surface area contributed by atoms with E-state index in [4.69, 9.17) is 0 Å². The summed E-state index contributed by atoms with van der Waals surface area (Å²) in [5, 5.41) is 15.1. The summed E-state index contributed by atoms with van der Waals surface area (Å²) < 4.78 is 1.86. The molecule has 1 atom stereocenters. The smallest absolute Gasteiger partial charge is 0.140 e. The van der Waals surface area contributed by atoms with Gasteiger partial charge in [-0.25, -0.2) is 0 Å². The Morgan fingerprint density at radius 3 is 2.67 bits per heavy atom. The van der Waals surface area contributed by atoms with Gasteiger partial charge in [-0.2, -0.15) is 10.2 Å². The standard InChI is InChI=1S/C22H26N8/c1-28-17-21(15-27-28)22(5-4-19(12-24-22)20-13-25-26-14-20)30-9-7-29(8-10-30)16-18-3-2-6-23-11-18/h2-6,11-15,17,24H,7-10,16H2,1H3,(H,25,26). The lowest BCUT2D eigenvalue weighted by molar-refractivity contribution is 0.0412. The van der Waals surface area contributed by atoms with Gasteiger partial charge in [-0.1, -0.05) is 12.1 Å². The van der Waals surface area contributed by atoms with Crippen molar-refractivity contribution in [3.63, 3.8) is 0 Å². The van der Waals surface area contributed by atoms with Crippen LogP contribution in [0.4, 0.5) is 0 Å². The number of allylic oxidation sites excluding steroid dienone is 2. The summed E-state index contributed by atoms with van der Waals surface area (Å²) in [4.78, 5) is 9.23. The lowest BCUT2D eigenvalue weighted by Gasteiger charge is -2.47. The Bertz CT molecular complexity index is 1030. The molecule has 1 unspecified atom stereocenters. The molecule has 8 heteroatoms. The van der Waals surface area contributed by atoms with Crippen molar-refractivity contribution >= 4 is 5.57 Å². The molecule has 0 amide bonds. The van der Waals surface area contributed by atoms with Crippen molar-refractivity contribution in [2.45, 2.75) is 12.2 Å². The summed E-state index contributed by atoms with van der Waals surface area (Å²) >= 11 is 0. The minimum atomic E-state index is -0.401. The molecule has 5 heterocycles. The van der Waals surface area contributed by atoms with Gasteiger partial charge in [0.25, 0.3) is 0 Å². The third kappa shape index (κ3) is 3.55. The van der Waals surface area contributed by atoms with Crippen LogP contribution in [0.3, 0.4) is 0 Å². The topological polar surface area (TPSA) is 77.9 Å². The van der Waals surface area contributed by atoms with Crippen molar-refractivity contribution in [3.05, 3.63) is 84.4 Å². The van der Waals surface area contributed by atoms with Crippen molar-refractivity contribution in [2.75, 3.05) is 26.2 Å². The molecule has 0 aliphatic carbocycles. The highest BCUT2D eigenvalue weighted by molar-refractivity contribution is 5.74. The summed E-state index contributed by atoms with van der Waals surface area (Å²) in [6.45, 7) is 4.87. The van der Waals surface area contributed by atoms with Crippen LogP contribution >= 0.6 is 0 Å². The third-order valence-electron chi connectivity index (χ3n) is 5.93. The van der Waals surface area contributed by atoms with E-state index in [1.165, 1.54) is 5.56 Å². The normalized spacial score (nSPS) is 22.6. The highest BCUT2D eigenvalue weighted by Crippen LogP contribution is 2.33. The van der Waals surface area contributed by atoms with E-state index in [0.717, 1.165) is 49.4 Å². The molecular formula is C22H26N8. The molecule has 154 valence electrons. The second kappa shape index (κ2) is 7.89. The minimum Gasteiger partial charge on any atom is -0.365 e. The Hall–Kier alpha value is -3.23. The van der Waals surface area contributed by atoms with E-state index >= 15 is 0 Å². The largest absolute Gasteiger partial charge is 0.365 e. The van der Waals surface area contributed by atoms with Gasteiger partial charge in [0, 0.05) is 87.5 Å². The molecule has 0 aromatic carbocycles. The van der Waals surface area contributed by atoms with E-state index in [0.29, 0.717) is 0 Å². The zero-order valence-electron chi connectivity index (χ0n) is 17.1. The zero-order valence-corrected chi connectivity index (χ0v) is 17.1. The highest BCUT2D eigenvalue weighted by atomic mass is 15.4. The molecule has 3 aromatic rings. The highest BCUT2D eigenvalue weighted by Gasteiger charge is 2.39. The Labute approximate surface area is 175 Å². The van der Waals surface area contributed by atoms with Crippen molar-refractivity contribution in [1.82, 2.24) is 40.1 Å². The van der Waals surface area contributed by atoms with Gasteiger partial charge in [-0.05, 0) is 17.7 Å². The molecule has 5 rings (SSSR count). The van der Waals surface area contributed by atoms with Crippen LogP contribution in [-0.2, 0) is 19.3 Å². The fraction of sp³-hybridized carbons (Fsp3) is 0.318. The Balaban J connectivity index is 1.35. The Morgan fingerprint density at radius 1 is 1.13 bits per heavy atom. The van der Waals surface area contributed by atoms with Gasteiger partial charge < -0.3 is 5.32 Å². The first-order valence-corrected chi connectivity index (χ1v) is 10.2. The van der Waals surface area contributed by atoms with Gasteiger partial charge in [-0.15, -0.1) is 0 Å². The van der Waals surface area contributed by atoms with Crippen LogP contribution in [0, 0.1) is 0 Å². The van der Waals surface area contributed by atoms with Crippen molar-refractivity contribution < 1.29 is 0 Å². The lowest BCUT2D eigenvalue weighted by Crippen LogP contribution is -2.60. The van der Waals surface area contributed by atoms with E-state index in [1.54, 1.807) is 0 Å². The van der Waals surface area contributed by atoms with Crippen molar-refractivity contribution in [3.8, 4) is 0 Å². The molecule has 1 fully saturated rings. The predicted octanol–water partition coefficient (Wildman–Crippen LogP) is 1.71. The number of hydrogen-bond donors (Lipinski definition) is 2. The second-order valence-corrected chi connectivity index (χ2v) is 7.86. The minimum absolute atomic E-state index is 0.401. The number of pyridine rings is 1. The number of dihydropyridines is 1. The second-order valence-electron chi connectivity index (χ2n) is 7.86. The number of piperazine rings is 1. The summed E-state index contributed by atoms with van der Waals surface area (Å²) in [5.41, 5.74) is 4.18. The molecule has 1 saturated heterocycles. The summed E-state index contributed by atoms with van der Waals surface area (Å²) in [6, 6.07) is 4.15. The molecule has 2 aliphatic rings. The van der Waals surface area contributed by atoms with Crippen LogP contribution in [-0.4, -0.2) is 60.9 Å². The first-order chi connectivity index (χ1) is 14.7. The van der Waals surface area contributed by atoms with Gasteiger partial charge >= 0.3 is 0 Å². The zero-order chi connectivity index (χ0) is 20.4. The number of aromatic amines is 1. The van der Waals surface area contributed by atoms with E-state index in [1.807, 2.05) is 48.8 Å². The van der Waals surface area contributed by atoms with Gasteiger partial charge in [0.1, 0.15) is 5.66 Å². The lowest BCUT2D eigenvalue weighted by atomic mass is 9.94. The van der Waals surface area contributed by atoms with E-state index in [2.05, 4.69) is 66.0 Å². The average molecular weight is 403 g/mol.